The zero-order valence-electron chi connectivity index (χ0n) is 15.4. The van der Waals surface area contributed by atoms with Crippen molar-refractivity contribution >= 4 is 17.7 Å². The van der Waals surface area contributed by atoms with Gasteiger partial charge in [0, 0.05) is 25.1 Å². The highest BCUT2D eigenvalue weighted by Crippen LogP contribution is 2.45. The first-order valence-electron chi connectivity index (χ1n) is 9.32. The first kappa shape index (κ1) is 18.3. The highest BCUT2D eigenvalue weighted by atomic mass is 19.3. The van der Waals surface area contributed by atoms with Gasteiger partial charge in [-0.3, -0.25) is 4.79 Å². The lowest BCUT2D eigenvalue weighted by Gasteiger charge is -2.42. The number of nitrogens with zero attached hydrogens (tertiary/aromatic N) is 4. The van der Waals surface area contributed by atoms with Gasteiger partial charge in [0.2, 0.25) is 5.95 Å². The fourth-order valence-electron chi connectivity index (χ4n) is 4.12. The Labute approximate surface area is 155 Å². The summed E-state index contributed by atoms with van der Waals surface area (Å²) in [5.74, 6) is -2.48. The number of esters is 1. The van der Waals surface area contributed by atoms with Gasteiger partial charge in [0.1, 0.15) is 17.7 Å². The number of halogens is 3. The molecular weight excluding hydrogens is 361 g/mol. The van der Waals surface area contributed by atoms with Crippen LogP contribution < -0.4 is 9.80 Å². The number of anilines is 2. The van der Waals surface area contributed by atoms with Crippen LogP contribution in [0, 0.1) is 5.92 Å². The monoisotopic (exact) mass is 384 g/mol. The number of aromatic nitrogens is 2. The number of carbonyl (C=O) groups excluding carboxylic acids is 1. The Balaban J connectivity index is 1.64. The average molecular weight is 384 g/mol. The van der Waals surface area contributed by atoms with Crippen LogP contribution in [0.4, 0.5) is 24.9 Å². The first-order valence-corrected chi connectivity index (χ1v) is 9.32. The molecular formula is C18H23F3N4O2. The van der Waals surface area contributed by atoms with E-state index in [1.165, 1.54) is 7.11 Å². The minimum atomic E-state index is -2.99. The predicted octanol–water partition coefficient (Wildman–Crippen LogP) is 2.45. The van der Waals surface area contributed by atoms with Crippen molar-refractivity contribution in [2.24, 2.45) is 5.92 Å². The van der Waals surface area contributed by atoms with Crippen LogP contribution in [0.3, 0.4) is 0 Å². The van der Waals surface area contributed by atoms with E-state index in [0.29, 0.717) is 30.9 Å². The summed E-state index contributed by atoms with van der Waals surface area (Å²) in [5, 5.41) is 0. The molecule has 1 aromatic heterocycles. The normalized spacial score (nSPS) is 28.9. The average Bonchev–Trinajstić information content (AvgIpc) is 3.23. The molecule has 2 saturated heterocycles. The summed E-state index contributed by atoms with van der Waals surface area (Å²) >= 11 is 0. The Bertz CT molecular complexity index is 760. The summed E-state index contributed by atoms with van der Waals surface area (Å²) < 4.78 is 47.1. The highest BCUT2D eigenvalue weighted by Gasteiger charge is 2.46. The van der Waals surface area contributed by atoms with Gasteiger partial charge < -0.3 is 14.5 Å². The number of carbonyl (C=O) groups is 1. The first-order chi connectivity index (χ1) is 12.8. The van der Waals surface area contributed by atoms with E-state index in [1.807, 2.05) is 4.90 Å². The van der Waals surface area contributed by atoms with Gasteiger partial charge in [0.25, 0.3) is 5.92 Å². The number of hydrogen-bond donors (Lipinski definition) is 0. The molecule has 4 rings (SSSR count). The van der Waals surface area contributed by atoms with E-state index in [4.69, 9.17) is 4.74 Å². The van der Waals surface area contributed by atoms with Crippen LogP contribution in [0.1, 0.15) is 37.4 Å². The Morgan fingerprint density at radius 2 is 2.11 bits per heavy atom. The molecule has 0 radical (unpaired) electrons. The van der Waals surface area contributed by atoms with Crippen molar-refractivity contribution in [3.05, 3.63) is 11.3 Å². The smallest absolute Gasteiger partial charge is 0.305 e. The lowest BCUT2D eigenvalue weighted by Crippen LogP contribution is -2.57. The third kappa shape index (κ3) is 3.10. The van der Waals surface area contributed by atoms with E-state index >= 15 is 0 Å². The minimum absolute atomic E-state index is 0.103. The van der Waals surface area contributed by atoms with Crippen LogP contribution in [0.2, 0.25) is 0 Å². The molecule has 3 atom stereocenters. The molecule has 0 spiro atoms. The second kappa shape index (κ2) is 6.53. The van der Waals surface area contributed by atoms with Gasteiger partial charge in [-0.25, -0.2) is 9.37 Å². The Hall–Kier alpha value is -2.06. The highest BCUT2D eigenvalue weighted by molar-refractivity contribution is 5.69. The van der Waals surface area contributed by atoms with E-state index < -0.39 is 18.1 Å². The number of ether oxygens (including phenoxy) is 1. The quantitative estimate of drug-likeness (QED) is 0.744. The second-order valence-electron chi connectivity index (χ2n) is 7.67. The minimum Gasteiger partial charge on any atom is -0.469 e. The molecule has 1 aliphatic carbocycles. The van der Waals surface area contributed by atoms with Gasteiger partial charge in [0.05, 0.1) is 26.1 Å². The molecule has 3 heterocycles. The van der Waals surface area contributed by atoms with Gasteiger partial charge in [-0.1, -0.05) is 0 Å². The lowest BCUT2D eigenvalue weighted by atomic mass is 10.0. The Morgan fingerprint density at radius 3 is 2.78 bits per heavy atom. The Kier molecular flexibility index (Phi) is 4.43. The number of methoxy groups -OCH3 is 1. The van der Waals surface area contributed by atoms with Crippen molar-refractivity contribution in [3.8, 4) is 0 Å². The second-order valence-corrected chi connectivity index (χ2v) is 7.67. The maximum absolute atomic E-state index is 14.4. The zero-order valence-corrected chi connectivity index (χ0v) is 15.4. The van der Waals surface area contributed by atoms with E-state index in [-0.39, 0.29) is 42.9 Å². The van der Waals surface area contributed by atoms with Gasteiger partial charge >= 0.3 is 5.97 Å². The number of rotatable bonds is 4. The number of alkyl halides is 3. The molecule has 6 nitrogen and oxygen atoms in total. The predicted molar refractivity (Wildman–Crippen MR) is 92.9 cm³/mol. The molecule has 2 fully saturated rings. The largest absolute Gasteiger partial charge is 0.469 e. The summed E-state index contributed by atoms with van der Waals surface area (Å²) in [5.41, 5.74) is 0.251. The fraction of sp³-hybridized carbons (Fsp3) is 0.722. The molecule has 0 aromatic carbocycles. The van der Waals surface area contributed by atoms with Crippen LogP contribution in [0.5, 0.6) is 0 Å². The van der Waals surface area contributed by atoms with Crippen molar-refractivity contribution in [2.45, 2.75) is 50.7 Å². The Morgan fingerprint density at radius 1 is 1.33 bits per heavy atom. The van der Waals surface area contributed by atoms with Crippen LogP contribution >= 0.6 is 0 Å². The standard InChI is InChI=1S/C18H23F3N4O2/c1-10-13(19)9-25(10)17-22-15-12(3-5-18(15,20)21)16(23-17)24-6-4-11(8-24)7-14(26)27-2/h10-11,13H,3-9H2,1-2H3. The van der Waals surface area contributed by atoms with E-state index in [1.54, 1.807) is 11.8 Å². The molecule has 148 valence electrons. The number of fused-ring (bicyclic) bond motifs is 1. The van der Waals surface area contributed by atoms with E-state index in [9.17, 15) is 18.0 Å². The summed E-state index contributed by atoms with van der Waals surface area (Å²) in [6.07, 6.45) is 0.00967. The van der Waals surface area contributed by atoms with Crippen molar-refractivity contribution in [2.75, 3.05) is 36.5 Å². The third-order valence-corrected chi connectivity index (χ3v) is 5.92. The molecule has 3 unspecified atom stereocenters. The SMILES string of the molecule is COC(=O)CC1CCN(c2nc(N3CC(F)C3C)nc3c2CCC3(F)F)C1. The topological polar surface area (TPSA) is 58.6 Å². The third-order valence-electron chi connectivity index (χ3n) is 5.92. The summed E-state index contributed by atoms with van der Waals surface area (Å²) in [4.78, 5) is 23.8. The molecule has 2 aliphatic heterocycles. The molecule has 0 saturated carbocycles. The lowest BCUT2D eigenvalue weighted by molar-refractivity contribution is -0.141. The zero-order chi connectivity index (χ0) is 19.3. The van der Waals surface area contributed by atoms with Crippen molar-refractivity contribution in [3.63, 3.8) is 0 Å². The van der Waals surface area contributed by atoms with Gasteiger partial charge in [-0.15, -0.1) is 0 Å². The van der Waals surface area contributed by atoms with Crippen LogP contribution in [0.15, 0.2) is 0 Å². The van der Waals surface area contributed by atoms with Gasteiger partial charge in [-0.2, -0.15) is 13.8 Å². The molecule has 0 N–H and O–H groups in total. The molecule has 27 heavy (non-hydrogen) atoms. The molecule has 0 bridgehead atoms. The maximum Gasteiger partial charge on any atom is 0.305 e. The molecule has 9 heteroatoms. The van der Waals surface area contributed by atoms with Gasteiger partial charge in [-0.05, 0) is 25.7 Å². The molecule has 1 aromatic rings. The van der Waals surface area contributed by atoms with E-state index in [0.717, 1.165) is 6.42 Å². The fourth-order valence-corrected chi connectivity index (χ4v) is 4.12. The molecule has 0 amide bonds. The molecule has 3 aliphatic rings. The van der Waals surface area contributed by atoms with Crippen LogP contribution in [-0.2, 0) is 21.9 Å². The maximum atomic E-state index is 14.4. The van der Waals surface area contributed by atoms with Crippen molar-refractivity contribution in [1.82, 2.24) is 9.97 Å². The summed E-state index contributed by atoms with van der Waals surface area (Å²) in [6, 6.07) is -0.420. The number of hydrogen-bond acceptors (Lipinski definition) is 6. The van der Waals surface area contributed by atoms with Gasteiger partial charge in [0.15, 0.2) is 0 Å². The van der Waals surface area contributed by atoms with Crippen molar-refractivity contribution in [1.29, 1.82) is 0 Å². The van der Waals surface area contributed by atoms with Crippen LogP contribution in [0.25, 0.3) is 0 Å². The van der Waals surface area contributed by atoms with E-state index in [2.05, 4.69) is 9.97 Å². The van der Waals surface area contributed by atoms with Crippen LogP contribution in [-0.4, -0.2) is 54.9 Å². The van der Waals surface area contributed by atoms with Crippen molar-refractivity contribution < 1.29 is 22.7 Å². The summed E-state index contributed by atoms with van der Waals surface area (Å²) in [7, 11) is 1.35. The summed E-state index contributed by atoms with van der Waals surface area (Å²) in [6.45, 7) is 3.02.